The first-order valence-electron chi connectivity index (χ1n) is 9.87. The molecule has 3 rings (SSSR count). The second-order valence-electron chi connectivity index (χ2n) is 6.88. The highest BCUT2D eigenvalue weighted by Crippen LogP contribution is 2.32. The van der Waals surface area contributed by atoms with E-state index >= 15 is 0 Å². The summed E-state index contributed by atoms with van der Waals surface area (Å²) in [5.41, 5.74) is 4.68. The number of fused-ring (bicyclic) bond motifs is 1. The summed E-state index contributed by atoms with van der Waals surface area (Å²) in [7, 11) is 0. The van der Waals surface area contributed by atoms with Crippen molar-refractivity contribution in [1.29, 1.82) is 0 Å². The third kappa shape index (κ3) is 6.30. The molecular formula is C22H24N4O5. The summed E-state index contributed by atoms with van der Waals surface area (Å²) in [6.45, 7) is 4.54. The Bertz CT molecular complexity index is 1000. The summed E-state index contributed by atoms with van der Waals surface area (Å²) in [4.78, 5) is 36.1. The third-order valence-corrected chi connectivity index (χ3v) is 4.42. The molecule has 0 radical (unpaired) electrons. The van der Waals surface area contributed by atoms with Gasteiger partial charge in [-0.1, -0.05) is 19.1 Å². The predicted octanol–water partition coefficient (Wildman–Crippen LogP) is 2.48. The second-order valence-corrected chi connectivity index (χ2v) is 6.88. The van der Waals surface area contributed by atoms with Crippen LogP contribution in [-0.2, 0) is 20.8 Å². The van der Waals surface area contributed by atoms with Gasteiger partial charge in [0.15, 0.2) is 11.5 Å². The third-order valence-electron chi connectivity index (χ3n) is 4.42. The molecule has 0 bridgehead atoms. The van der Waals surface area contributed by atoms with Gasteiger partial charge in [0.25, 0.3) is 0 Å². The summed E-state index contributed by atoms with van der Waals surface area (Å²) in [5, 5.41) is 9.04. The van der Waals surface area contributed by atoms with E-state index in [4.69, 9.17) is 9.47 Å². The fourth-order valence-corrected chi connectivity index (χ4v) is 2.81. The summed E-state index contributed by atoms with van der Waals surface area (Å²) in [6.07, 6.45) is 0.819. The topological polar surface area (TPSA) is 118 Å². The number of carbonyl (C=O) groups excluding carboxylic acids is 3. The molecule has 0 atom stereocenters. The first-order valence-corrected chi connectivity index (χ1v) is 9.87. The van der Waals surface area contributed by atoms with Crippen LogP contribution in [0, 0.1) is 0 Å². The quantitative estimate of drug-likeness (QED) is 0.374. The molecule has 0 fully saturated rings. The van der Waals surface area contributed by atoms with Crippen LogP contribution < -0.4 is 25.5 Å². The van der Waals surface area contributed by atoms with Crippen molar-refractivity contribution in [1.82, 2.24) is 5.43 Å². The Labute approximate surface area is 179 Å². The van der Waals surface area contributed by atoms with Gasteiger partial charge in [-0.2, -0.15) is 5.10 Å². The average Bonchev–Trinajstić information content (AvgIpc) is 2.77. The summed E-state index contributed by atoms with van der Waals surface area (Å²) >= 11 is 0. The minimum atomic E-state index is -0.925. The Hall–Kier alpha value is -3.88. The van der Waals surface area contributed by atoms with Crippen LogP contribution in [-0.4, -0.2) is 36.6 Å². The lowest BCUT2D eigenvalue weighted by Gasteiger charge is -2.19. The number of amides is 3. The molecule has 0 aromatic heterocycles. The maximum absolute atomic E-state index is 12.2. The minimum Gasteiger partial charge on any atom is -0.486 e. The molecule has 162 valence electrons. The molecule has 0 aliphatic carbocycles. The Morgan fingerprint density at radius 1 is 0.903 bits per heavy atom. The molecule has 0 saturated heterocycles. The first kappa shape index (κ1) is 21.8. The highest BCUT2D eigenvalue weighted by Gasteiger charge is 2.15. The van der Waals surface area contributed by atoms with Crippen LogP contribution in [0.3, 0.4) is 0 Å². The van der Waals surface area contributed by atoms with Gasteiger partial charge >= 0.3 is 11.8 Å². The fourth-order valence-electron chi connectivity index (χ4n) is 2.81. The van der Waals surface area contributed by atoms with E-state index in [9.17, 15) is 14.4 Å². The SMILES string of the molecule is CCc1ccc(NC(=O)C(=O)N/N=C(/C)CC(=O)Nc2ccc3c(c2)OCCO3)cc1. The number of hydrogen-bond donors (Lipinski definition) is 3. The van der Waals surface area contributed by atoms with Crippen molar-refractivity contribution in [2.24, 2.45) is 5.10 Å². The van der Waals surface area contributed by atoms with E-state index in [-0.39, 0.29) is 12.3 Å². The lowest BCUT2D eigenvalue weighted by Crippen LogP contribution is -2.33. The molecule has 1 heterocycles. The number of anilines is 2. The number of nitrogens with zero attached hydrogens (tertiary/aromatic N) is 1. The molecule has 3 amide bonds. The van der Waals surface area contributed by atoms with Gasteiger partial charge in [0.05, 0.1) is 6.42 Å². The van der Waals surface area contributed by atoms with Crippen LogP contribution in [0.5, 0.6) is 11.5 Å². The summed E-state index contributed by atoms with van der Waals surface area (Å²) in [6, 6.07) is 12.3. The van der Waals surface area contributed by atoms with Gasteiger partial charge < -0.3 is 20.1 Å². The molecule has 3 N–H and O–H groups in total. The monoisotopic (exact) mass is 424 g/mol. The molecule has 9 heteroatoms. The van der Waals surface area contributed by atoms with Crippen LogP contribution in [0.25, 0.3) is 0 Å². The lowest BCUT2D eigenvalue weighted by atomic mass is 10.1. The predicted molar refractivity (Wildman–Crippen MR) is 116 cm³/mol. The molecule has 2 aromatic carbocycles. The largest absolute Gasteiger partial charge is 0.486 e. The Kier molecular flexibility index (Phi) is 7.21. The molecule has 31 heavy (non-hydrogen) atoms. The Balaban J connectivity index is 1.47. The zero-order chi connectivity index (χ0) is 22.2. The van der Waals surface area contributed by atoms with Crippen molar-refractivity contribution >= 4 is 34.8 Å². The van der Waals surface area contributed by atoms with E-state index in [0.717, 1.165) is 12.0 Å². The van der Waals surface area contributed by atoms with Crippen LogP contribution in [0.4, 0.5) is 11.4 Å². The number of benzene rings is 2. The van der Waals surface area contributed by atoms with Crippen molar-refractivity contribution in [3.05, 3.63) is 48.0 Å². The van der Waals surface area contributed by atoms with Crippen molar-refractivity contribution in [2.45, 2.75) is 26.7 Å². The Morgan fingerprint density at radius 3 is 2.29 bits per heavy atom. The zero-order valence-electron chi connectivity index (χ0n) is 17.4. The Morgan fingerprint density at radius 2 is 1.58 bits per heavy atom. The fraction of sp³-hybridized carbons (Fsp3) is 0.273. The van der Waals surface area contributed by atoms with Crippen LogP contribution >= 0.6 is 0 Å². The van der Waals surface area contributed by atoms with Gasteiger partial charge in [-0.05, 0) is 43.2 Å². The van der Waals surface area contributed by atoms with Crippen molar-refractivity contribution in [3.8, 4) is 11.5 Å². The van der Waals surface area contributed by atoms with Crippen molar-refractivity contribution in [2.75, 3.05) is 23.8 Å². The number of hydrogen-bond acceptors (Lipinski definition) is 6. The minimum absolute atomic E-state index is 0.0607. The van der Waals surface area contributed by atoms with Gasteiger partial charge in [-0.15, -0.1) is 0 Å². The molecule has 9 nitrogen and oxygen atoms in total. The van der Waals surface area contributed by atoms with Gasteiger partial charge in [-0.3, -0.25) is 14.4 Å². The summed E-state index contributed by atoms with van der Waals surface area (Å²) in [5.74, 6) is -0.901. The van der Waals surface area contributed by atoms with Crippen LogP contribution in [0.2, 0.25) is 0 Å². The number of ether oxygens (including phenoxy) is 2. The first-order chi connectivity index (χ1) is 14.9. The maximum atomic E-state index is 12.2. The van der Waals surface area contributed by atoms with Crippen molar-refractivity contribution < 1.29 is 23.9 Å². The molecule has 2 aromatic rings. The molecular weight excluding hydrogens is 400 g/mol. The van der Waals surface area contributed by atoms with E-state index < -0.39 is 11.8 Å². The number of carbonyl (C=O) groups is 3. The molecule has 0 spiro atoms. The van der Waals surface area contributed by atoms with Gasteiger partial charge in [0.1, 0.15) is 13.2 Å². The van der Waals surface area contributed by atoms with Crippen LogP contribution in [0.15, 0.2) is 47.6 Å². The standard InChI is InChI=1S/C22H24N4O5/c1-3-15-4-6-16(7-5-15)24-21(28)22(29)26-25-14(2)12-20(27)23-17-8-9-18-19(13-17)31-11-10-30-18/h4-9,13H,3,10-12H2,1-2H3,(H,23,27)(H,24,28)(H,26,29)/b25-14-. The van der Waals surface area contributed by atoms with E-state index in [1.54, 1.807) is 37.3 Å². The van der Waals surface area contributed by atoms with Crippen LogP contribution in [0.1, 0.15) is 25.8 Å². The molecule has 0 saturated carbocycles. The average molecular weight is 424 g/mol. The molecule has 1 aliphatic rings. The van der Waals surface area contributed by atoms with Gasteiger partial charge in [0, 0.05) is 23.2 Å². The number of rotatable bonds is 6. The van der Waals surface area contributed by atoms with E-state index in [2.05, 4.69) is 21.2 Å². The molecule has 1 aliphatic heterocycles. The van der Waals surface area contributed by atoms with E-state index in [1.807, 2.05) is 19.1 Å². The normalized spacial score (nSPS) is 12.6. The van der Waals surface area contributed by atoms with E-state index in [1.165, 1.54) is 0 Å². The summed E-state index contributed by atoms with van der Waals surface area (Å²) < 4.78 is 10.9. The highest BCUT2D eigenvalue weighted by atomic mass is 16.6. The maximum Gasteiger partial charge on any atom is 0.329 e. The van der Waals surface area contributed by atoms with Gasteiger partial charge in [0.2, 0.25) is 5.91 Å². The highest BCUT2D eigenvalue weighted by molar-refractivity contribution is 6.39. The number of aryl methyl sites for hydroxylation is 1. The van der Waals surface area contributed by atoms with Crippen molar-refractivity contribution in [3.63, 3.8) is 0 Å². The smallest absolute Gasteiger partial charge is 0.329 e. The number of nitrogens with one attached hydrogen (secondary N) is 3. The molecule has 0 unspecified atom stereocenters. The lowest BCUT2D eigenvalue weighted by molar-refractivity contribution is -0.136. The zero-order valence-corrected chi connectivity index (χ0v) is 17.4. The second kappa shape index (κ2) is 10.2. The van der Waals surface area contributed by atoms with E-state index in [0.29, 0.717) is 41.8 Å². The number of hydrazone groups is 1. The van der Waals surface area contributed by atoms with Gasteiger partial charge in [-0.25, -0.2) is 5.43 Å².